The van der Waals surface area contributed by atoms with Crippen LogP contribution in [0.15, 0.2) is 74.6 Å². The van der Waals surface area contributed by atoms with Crippen LogP contribution < -0.4 is 10.2 Å². The number of rotatable bonds is 0. The van der Waals surface area contributed by atoms with E-state index < -0.39 is 11.9 Å². The molecular weight excluding hydrogens is 560 g/mol. The van der Waals surface area contributed by atoms with Gasteiger partial charge in [0.05, 0.1) is 12.4 Å². The van der Waals surface area contributed by atoms with Crippen molar-refractivity contribution in [2.45, 2.75) is 13.8 Å². The largest absolute Gasteiger partial charge is 2.00 e. The summed E-state index contributed by atoms with van der Waals surface area (Å²) in [5.74, 6) is 1.16. The van der Waals surface area contributed by atoms with Crippen LogP contribution in [0, 0.1) is 0 Å². The van der Waals surface area contributed by atoms with Gasteiger partial charge in [-0.25, -0.2) is 29.9 Å². The first kappa shape index (κ1) is 26.8. The van der Waals surface area contributed by atoms with Crippen LogP contribution in [0.5, 0.6) is 0 Å². The summed E-state index contributed by atoms with van der Waals surface area (Å²) in [7, 11) is 0. The summed E-state index contributed by atoms with van der Waals surface area (Å²) in [5.41, 5.74) is 1.92. The summed E-state index contributed by atoms with van der Waals surface area (Å²) in [6, 6.07) is 0. The molecule has 39 heavy (non-hydrogen) atoms. The molecule has 1 radical (unpaired) electrons. The second-order valence-corrected chi connectivity index (χ2v) is 7.62. The van der Waals surface area contributed by atoms with Crippen molar-refractivity contribution in [2.75, 3.05) is 0 Å². The number of imidazole rings is 6. The molecular formula is C22H18CuN12O4. The monoisotopic (exact) mass is 577 g/mol. The van der Waals surface area contributed by atoms with Gasteiger partial charge in [-0.3, -0.25) is 26.4 Å². The molecule has 17 heteroatoms. The molecule has 0 aliphatic carbocycles. The van der Waals surface area contributed by atoms with Gasteiger partial charge in [-0.2, -0.15) is 0 Å². The van der Waals surface area contributed by atoms with Gasteiger partial charge in [0.2, 0.25) is 23.1 Å². The number of hydrogen-bond donors (Lipinski definition) is 0. The predicted octanol–water partition coefficient (Wildman–Crippen LogP) is -1.23. The van der Waals surface area contributed by atoms with Crippen molar-refractivity contribution in [3.05, 3.63) is 74.6 Å². The third-order valence-corrected chi connectivity index (χ3v) is 5.08. The molecule has 0 aliphatic heterocycles. The van der Waals surface area contributed by atoms with Crippen LogP contribution in [-0.2, 0) is 26.7 Å². The van der Waals surface area contributed by atoms with Gasteiger partial charge in [-0.05, 0) is 13.8 Å². The number of carboxylic acids is 2. The Morgan fingerprint density at radius 2 is 0.846 bits per heavy atom. The molecule has 0 amide bonds. The van der Waals surface area contributed by atoms with Crippen LogP contribution >= 0.6 is 0 Å². The van der Waals surface area contributed by atoms with Crippen molar-refractivity contribution in [2.24, 2.45) is 0 Å². The van der Waals surface area contributed by atoms with Crippen molar-refractivity contribution in [1.29, 1.82) is 0 Å². The molecule has 8 heterocycles. The maximum Gasteiger partial charge on any atom is 2.00 e. The third-order valence-electron chi connectivity index (χ3n) is 5.08. The van der Waals surface area contributed by atoms with E-state index >= 15 is 0 Å². The van der Waals surface area contributed by atoms with Crippen molar-refractivity contribution in [3.8, 4) is 0 Å². The topological polar surface area (TPSA) is 184 Å². The molecule has 0 N–H and O–H groups in total. The van der Waals surface area contributed by atoms with E-state index in [1.807, 2.05) is 51.2 Å². The molecule has 8 rings (SSSR count). The van der Waals surface area contributed by atoms with Crippen LogP contribution in [0.3, 0.4) is 0 Å². The molecule has 8 aromatic heterocycles. The molecule has 201 valence electrons. The minimum Gasteiger partial charge on any atom is -0.550 e. The molecule has 0 unspecified atom stereocenters. The summed E-state index contributed by atoms with van der Waals surface area (Å²) in [4.78, 5) is 43.2. The Morgan fingerprint density at radius 1 is 0.564 bits per heavy atom. The maximum absolute atomic E-state index is 8.89. The fraction of sp³-hybridized carbons (Fsp3) is 0.0909. The molecule has 0 aliphatic rings. The van der Waals surface area contributed by atoms with E-state index in [-0.39, 0.29) is 17.1 Å². The zero-order valence-electron chi connectivity index (χ0n) is 20.2. The van der Waals surface area contributed by atoms with Crippen LogP contribution in [-0.4, -0.2) is 68.2 Å². The normalized spacial score (nSPS) is 10.5. The fourth-order valence-corrected chi connectivity index (χ4v) is 3.81. The minimum atomic E-state index is -1.08. The van der Waals surface area contributed by atoms with Gasteiger partial charge in [-0.1, -0.05) is 0 Å². The van der Waals surface area contributed by atoms with Gasteiger partial charge in [0.15, 0.2) is 0 Å². The number of aliphatic carboxylic acids is 2. The Kier molecular flexibility index (Phi) is 7.55. The SMILES string of the molecule is CC(=O)[O-].CC(=O)[O-].[Cu+2].c1cn2c3cncn3c3nccn3c2n1.c1cn2c3cncn3c3nccn3c2n1. The maximum atomic E-state index is 8.89. The second-order valence-electron chi connectivity index (χ2n) is 7.62. The average Bonchev–Trinajstić information content (AvgIpc) is 3.70. The number of carboxylic acid groups (broad SMARTS) is 2. The summed E-state index contributed by atoms with van der Waals surface area (Å²) >= 11 is 0. The molecule has 0 bridgehead atoms. The van der Waals surface area contributed by atoms with Crippen LogP contribution in [0.4, 0.5) is 0 Å². The quantitative estimate of drug-likeness (QED) is 0.198. The van der Waals surface area contributed by atoms with E-state index in [1.54, 1.807) is 49.8 Å². The predicted molar refractivity (Wildman–Crippen MR) is 127 cm³/mol. The summed E-state index contributed by atoms with van der Waals surface area (Å²) in [5, 5.41) is 17.8. The average molecular weight is 578 g/mol. The molecule has 0 atom stereocenters. The Balaban J connectivity index is 0.000000140. The Labute approximate surface area is 227 Å². The number of hydrogen-bond acceptors (Lipinski definition) is 10. The van der Waals surface area contributed by atoms with Gasteiger partial charge in [0, 0.05) is 61.5 Å². The Hall–Kier alpha value is -5.28. The van der Waals surface area contributed by atoms with E-state index in [0.29, 0.717) is 0 Å². The first-order chi connectivity index (χ1) is 18.4. The number of fused-ring (bicyclic) bond motifs is 12. The molecule has 0 saturated carbocycles. The van der Waals surface area contributed by atoms with Gasteiger partial charge < -0.3 is 19.8 Å². The first-order valence-electron chi connectivity index (χ1n) is 10.9. The van der Waals surface area contributed by atoms with E-state index in [2.05, 4.69) is 29.9 Å². The number of carbonyl (C=O) groups is 2. The van der Waals surface area contributed by atoms with E-state index in [0.717, 1.165) is 48.3 Å². The number of carbonyl (C=O) groups excluding carboxylic acids is 2. The van der Waals surface area contributed by atoms with Gasteiger partial charge >= 0.3 is 17.1 Å². The smallest absolute Gasteiger partial charge is 0.550 e. The summed E-state index contributed by atoms with van der Waals surface area (Å²) in [6.07, 6.45) is 21.7. The molecule has 0 fully saturated rings. The Bertz CT molecular complexity index is 1500. The van der Waals surface area contributed by atoms with Crippen LogP contribution in [0.1, 0.15) is 13.8 Å². The zero-order valence-corrected chi connectivity index (χ0v) is 21.2. The van der Waals surface area contributed by atoms with E-state index in [4.69, 9.17) is 19.8 Å². The standard InChI is InChI=1S/2C9H6N6.2C2H4O2.Cu/c2*1-3-13-7-5-10-6-15(7)9-12-2-4-14(9)8(13)11-1;2*1-2(3)4;/h2*1-6H;2*1H3,(H,3,4);/q;;;;+2/p-2. The third kappa shape index (κ3) is 4.98. The molecule has 0 spiro atoms. The van der Waals surface area contributed by atoms with E-state index in [9.17, 15) is 0 Å². The first-order valence-corrected chi connectivity index (χ1v) is 10.9. The van der Waals surface area contributed by atoms with Gasteiger partial charge in [-0.15, -0.1) is 0 Å². The van der Waals surface area contributed by atoms with Crippen LogP contribution in [0.2, 0.25) is 0 Å². The van der Waals surface area contributed by atoms with Crippen molar-refractivity contribution in [1.82, 2.24) is 56.3 Å². The van der Waals surface area contributed by atoms with Gasteiger partial charge in [0.25, 0.3) is 0 Å². The second kappa shape index (κ2) is 11.0. The van der Waals surface area contributed by atoms with Crippen LogP contribution in [0.25, 0.3) is 34.4 Å². The Morgan fingerprint density at radius 3 is 1.18 bits per heavy atom. The summed E-state index contributed by atoms with van der Waals surface area (Å²) < 4.78 is 11.6. The molecule has 0 saturated heterocycles. The number of aromatic nitrogens is 12. The van der Waals surface area contributed by atoms with Crippen molar-refractivity contribution in [3.63, 3.8) is 0 Å². The minimum absolute atomic E-state index is 0. The van der Waals surface area contributed by atoms with E-state index in [1.165, 1.54) is 0 Å². The number of nitrogens with zero attached hydrogens (tertiary/aromatic N) is 12. The fourth-order valence-electron chi connectivity index (χ4n) is 3.81. The zero-order chi connectivity index (χ0) is 26.8. The van der Waals surface area contributed by atoms with Crippen molar-refractivity contribution >= 4 is 46.3 Å². The van der Waals surface area contributed by atoms with Gasteiger partial charge in [0.1, 0.15) is 23.9 Å². The summed E-state index contributed by atoms with van der Waals surface area (Å²) in [6.45, 7) is 1.94. The molecule has 16 nitrogen and oxygen atoms in total. The molecule has 8 aromatic rings. The van der Waals surface area contributed by atoms with Crippen molar-refractivity contribution < 1.29 is 36.9 Å². The molecule has 0 aromatic carbocycles.